The maximum Gasteiger partial charge on any atom is 0.263 e. The summed E-state index contributed by atoms with van der Waals surface area (Å²) in [6.07, 6.45) is 1.38. The van der Waals surface area contributed by atoms with E-state index in [1.54, 1.807) is 10.7 Å². The Morgan fingerprint density at radius 3 is 2.36 bits per heavy atom. The number of hydrogen-bond donors (Lipinski definition) is 1. The van der Waals surface area contributed by atoms with Crippen molar-refractivity contribution in [3.63, 3.8) is 0 Å². The van der Waals surface area contributed by atoms with Crippen LogP contribution in [-0.4, -0.2) is 48.8 Å². The summed E-state index contributed by atoms with van der Waals surface area (Å²) in [5, 5.41) is 7.54. The second kappa shape index (κ2) is 11.2. The largest absolute Gasteiger partial charge is 0.493 e. The minimum Gasteiger partial charge on any atom is -0.493 e. The maximum atomic E-state index is 12.7. The van der Waals surface area contributed by atoms with Crippen molar-refractivity contribution < 1.29 is 22.7 Å². The lowest BCUT2D eigenvalue weighted by Crippen LogP contribution is -2.23. The molecule has 2 heterocycles. The van der Waals surface area contributed by atoms with Gasteiger partial charge in [-0.3, -0.25) is 4.79 Å². The molecule has 1 aromatic heterocycles. The van der Waals surface area contributed by atoms with E-state index >= 15 is 0 Å². The van der Waals surface area contributed by atoms with Crippen LogP contribution in [0.2, 0.25) is 0 Å². The molecule has 0 spiro atoms. The van der Waals surface area contributed by atoms with Gasteiger partial charge in [-0.15, -0.1) is 0 Å². The van der Waals surface area contributed by atoms with E-state index in [4.69, 9.17) is 9.47 Å². The molecule has 1 amide bonds. The molecular formula is C27H33N3O5S. The van der Waals surface area contributed by atoms with Crippen molar-refractivity contribution >= 4 is 21.6 Å². The van der Waals surface area contributed by atoms with Crippen LogP contribution >= 0.6 is 0 Å². The number of aryl methyl sites for hydroxylation is 1. The lowest BCUT2D eigenvalue weighted by Gasteiger charge is -2.14. The van der Waals surface area contributed by atoms with Crippen LogP contribution in [0.25, 0.3) is 11.3 Å². The molecule has 1 unspecified atom stereocenters. The Kier molecular flexibility index (Phi) is 7.98. The summed E-state index contributed by atoms with van der Waals surface area (Å²) in [6, 6.07) is 16.6. The fraction of sp³-hybridized carbons (Fsp3) is 0.407. The fourth-order valence-corrected chi connectivity index (χ4v) is 5.70. The van der Waals surface area contributed by atoms with Crippen LogP contribution in [0.1, 0.15) is 38.8 Å². The SMILES string of the molecule is CCc1ccc(OCC(=O)Nc2cc(-c3ccc(OCC(C)C)cc3)nn2C2CCS(=O)(=O)C2)cc1. The fourth-order valence-electron chi connectivity index (χ4n) is 4.01. The van der Waals surface area contributed by atoms with Crippen LogP contribution in [0.4, 0.5) is 5.82 Å². The Morgan fingerprint density at radius 1 is 1.08 bits per heavy atom. The third-order valence-electron chi connectivity index (χ3n) is 5.99. The molecule has 1 atom stereocenters. The second-order valence-corrected chi connectivity index (χ2v) is 11.7. The first-order valence-corrected chi connectivity index (χ1v) is 14.1. The van der Waals surface area contributed by atoms with E-state index in [0.29, 0.717) is 36.2 Å². The molecule has 1 saturated heterocycles. The molecule has 4 rings (SSSR count). The first kappa shape index (κ1) is 25.8. The zero-order valence-corrected chi connectivity index (χ0v) is 21.8. The van der Waals surface area contributed by atoms with Gasteiger partial charge in [-0.25, -0.2) is 13.1 Å². The number of nitrogens with zero attached hydrogens (tertiary/aromatic N) is 2. The molecule has 8 nitrogen and oxygen atoms in total. The molecule has 1 fully saturated rings. The standard InChI is InChI=1S/C27H33N3O5S/c1-4-20-5-9-23(10-6-20)35-17-27(31)28-26-15-25(29-30(26)22-13-14-36(32,33)18-22)21-7-11-24(12-8-21)34-16-19(2)3/h5-12,15,19,22H,4,13-14,16-18H2,1-3H3,(H,28,31). The third-order valence-corrected chi connectivity index (χ3v) is 7.74. The van der Waals surface area contributed by atoms with Crippen molar-refractivity contribution in [1.82, 2.24) is 9.78 Å². The molecule has 9 heteroatoms. The van der Waals surface area contributed by atoms with E-state index in [2.05, 4.69) is 31.2 Å². The van der Waals surface area contributed by atoms with Crippen molar-refractivity contribution in [3.05, 3.63) is 60.2 Å². The van der Waals surface area contributed by atoms with Crippen molar-refractivity contribution in [2.75, 3.05) is 30.0 Å². The summed E-state index contributed by atoms with van der Waals surface area (Å²) in [6.45, 7) is 6.72. The van der Waals surface area contributed by atoms with Gasteiger partial charge >= 0.3 is 0 Å². The highest BCUT2D eigenvalue weighted by Gasteiger charge is 2.32. The van der Waals surface area contributed by atoms with Crippen molar-refractivity contribution in [1.29, 1.82) is 0 Å². The summed E-state index contributed by atoms with van der Waals surface area (Å²) >= 11 is 0. The number of sulfone groups is 1. The molecule has 192 valence electrons. The monoisotopic (exact) mass is 511 g/mol. The van der Waals surface area contributed by atoms with Crippen LogP contribution < -0.4 is 14.8 Å². The van der Waals surface area contributed by atoms with Gasteiger partial charge in [0.25, 0.3) is 5.91 Å². The number of anilines is 1. The summed E-state index contributed by atoms with van der Waals surface area (Å²) < 4.78 is 37.2. The molecule has 36 heavy (non-hydrogen) atoms. The van der Waals surface area contributed by atoms with Crippen LogP contribution in [0.3, 0.4) is 0 Å². The lowest BCUT2D eigenvalue weighted by molar-refractivity contribution is -0.118. The van der Waals surface area contributed by atoms with Gasteiger partial charge in [0.05, 0.1) is 29.8 Å². The molecule has 1 aliphatic rings. The highest BCUT2D eigenvalue weighted by molar-refractivity contribution is 7.91. The molecule has 2 aromatic carbocycles. The van der Waals surface area contributed by atoms with Crippen molar-refractivity contribution in [2.24, 2.45) is 5.92 Å². The van der Waals surface area contributed by atoms with E-state index in [-0.39, 0.29) is 30.1 Å². The average Bonchev–Trinajstić information content (AvgIpc) is 3.44. The minimum absolute atomic E-state index is 0.000746. The Balaban J connectivity index is 1.50. The van der Waals surface area contributed by atoms with Gasteiger partial charge < -0.3 is 14.8 Å². The lowest BCUT2D eigenvalue weighted by atomic mass is 10.1. The highest BCUT2D eigenvalue weighted by Crippen LogP contribution is 2.31. The number of benzene rings is 2. The number of hydrogen-bond acceptors (Lipinski definition) is 6. The molecule has 0 saturated carbocycles. The second-order valence-electron chi connectivity index (χ2n) is 9.48. The predicted molar refractivity (Wildman–Crippen MR) is 140 cm³/mol. The maximum absolute atomic E-state index is 12.7. The molecule has 0 aliphatic carbocycles. The summed E-state index contributed by atoms with van der Waals surface area (Å²) in [5.41, 5.74) is 2.67. The van der Waals surface area contributed by atoms with Crippen molar-refractivity contribution in [3.8, 4) is 22.8 Å². The molecule has 3 aromatic rings. The van der Waals surface area contributed by atoms with E-state index in [1.165, 1.54) is 5.56 Å². The Hall–Kier alpha value is -3.33. The Labute approximate surface area is 212 Å². The summed E-state index contributed by atoms with van der Waals surface area (Å²) in [5.74, 6) is 2.01. The van der Waals surface area contributed by atoms with E-state index in [1.807, 2.05) is 48.5 Å². The smallest absolute Gasteiger partial charge is 0.263 e. The zero-order chi connectivity index (χ0) is 25.7. The van der Waals surface area contributed by atoms with Crippen LogP contribution in [0, 0.1) is 5.92 Å². The van der Waals surface area contributed by atoms with E-state index in [9.17, 15) is 13.2 Å². The zero-order valence-electron chi connectivity index (χ0n) is 20.9. The molecule has 0 bridgehead atoms. The first-order valence-electron chi connectivity index (χ1n) is 12.3. The summed E-state index contributed by atoms with van der Waals surface area (Å²) in [7, 11) is -3.13. The van der Waals surface area contributed by atoms with E-state index in [0.717, 1.165) is 17.7 Å². The van der Waals surface area contributed by atoms with Crippen LogP contribution in [-0.2, 0) is 21.1 Å². The average molecular weight is 512 g/mol. The number of amides is 1. The first-order chi connectivity index (χ1) is 17.2. The van der Waals surface area contributed by atoms with Crippen molar-refractivity contribution in [2.45, 2.75) is 39.7 Å². The molecule has 1 aliphatic heterocycles. The van der Waals surface area contributed by atoms with Gasteiger partial charge in [0.15, 0.2) is 16.4 Å². The highest BCUT2D eigenvalue weighted by atomic mass is 32.2. The Bertz CT molecular complexity index is 1280. The topological polar surface area (TPSA) is 99.5 Å². The number of rotatable bonds is 10. The Morgan fingerprint density at radius 2 is 1.75 bits per heavy atom. The van der Waals surface area contributed by atoms with Gasteiger partial charge in [-0.05, 0) is 60.7 Å². The van der Waals surface area contributed by atoms with Gasteiger partial charge in [0.1, 0.15) is 17.3 Å². The van der Waals surface area contributed by atoms with Gasteiger partial charge in [0.2, 0.25) is 0 Å². The van der Waals surface area contributed by atoms with Crippen LogP contribution in [0.5, 0.6) is 11.5 Å². The minimum atomic E-state index is -3.13. The third kappa shape index (κ3) is 6.66. The molecule has 0 radical (unpaired) electrons. The normalized spacial score (nSPS) is 16.7. The van der Waals surface area contributed by atoms with E-state index < -0.39 is 9.84 Å². The van der Waals surface area contributed by atoms with Gasteiger partial charge in [-0.1, -0.05) is 32.9 Å². The van der Waals surface area contributed by atoms with Crippen LogP contribution in [0.15, 0.2) is 54.6 Å². The van der Waals surface area contributed by atoms with Gasteiger partial charge in [0, 0.05) is 11.6 Å². The summed E-state index contributed by atoms with van der Waals surface area (Å²) in [4.78, 5) is 12.7. The quantitative estimate of drug-likeness (QED) is 0.430. The number of ether oxygens (including phenoxy) is 2. The number of carbonyl (C=O) groups is 1. The number of carbonyl (C=O) groups excluding carboxylic acids is 1. The predicted octanol–water partition coefficient (Wildman–Crippen LogP) is 4.52. The number of aromatic nitrogens is 2. The van der Waals surface area contributed by atoms with Gasteiger partial charge in [-0.2, -0.15) is 5.10 Å². The molecule has 1 N–H and O–H groups in total. The molecular weight excluding hydrogens is 478 g/mol. The number of nitrogens with one attached hydrogen (secondary N) is 1.